The lowest BCUT2D eigenvalue weighted by atomic mass is 10.1. The third-order valence-corrected chi connectivity index (χ3v) is 3.33. The Labute approximate surface area is 111 Å². The molecule has 2 aromatic rings. The topological polar surface area (TPSA) is 47.8 Å². The van der Waals surface area contributed by atoms with Crippen molar-refractivity contribution in [2.45, 2.75) is 20.3 Å². The summed E-state index contributed by atoms with van der Waals surface area (Å²) in [5.41, 5.74) is 2.91. The van der Waals surface area contributed by atoms with Crippen LogP contribution in [0.15, 0.2) is 42.0 Å². The summed E-state index contributed by atoms with van der Waals surface area (Å²) in [5.74, 6) is 0.315. The molecule has 1 unspecified atom stereocenters. The van der Waals surface area contributed by atoms with E-state index in [-0.39, 0.29) is 5.78 Å². The fourth-order valence-corrected chi connectivity index (χ4v) is 2.20. The highest BCUT2D eigenvalue weighted by atomic mass is 16.1. The summed E-state index contributed by atoms with van der Waals surface area (Å²) in [6, 6.07) is 7.62. The van der Waals surface area contributed by atoms with Crippen molar-refractivity contribution in [2.75, 3.05) is 0 Å². The summed E-state index contributed by atoms with van der Waals surface area (Å²) < 4.78 is 0. The van der Waals surface area contributed by atoms with E-state index in [2.05, 4.69) is 17.1 Å². The molecule has 96 valence electrons. The molecule has 4 nitrogen and oxygen atoms in total. The van der Waals surface area contributed by atoms with E-state index < -0.39 is 0 Å². The Bertz CT molecular complexity index is 676. The molecule has 3 rings (SSSR count). The van der Waals surface area contributed by atoms with Gasteiger partial charge in [0.25, 0.3) is 0 Å². The van der Waals surface area contributed by atoms with Gasteiger partial charge >= 0.3 is 0 Å². The number of allylic oxidation sites excluding steroid dienone is 4. The molecule has 0 amide bonds. The first-order chi connectivity index (χ1) is 9.15. The van der Waals surface area contributed by atoms with Crippen LogP contribution in [0, 0.1) is 5.92 Å². The van der Waals surface area contributed by atoms with Gasteiger partial charge in [0, 0.05) is 0 Å². The molecule has 4 heteroatoms. The lowest BCUT2D eigenvalue weighted by molar-refractivity contribution is -0.110. The largest absolute Gasteiger partial charge is 0.287 e. The molecule has 1 aliphatic rings. The van der Waals surface area contributed by atoms with Gasteiger partial charge in [0.05, 0.1) is 0 Å². The highest BCUT2D eigenvalue weighted by Crippen LogP contribution is 2.22. The fourth-order valence-electron chi connectivity index (χ4n) is 2.20. The van der Waals surface area contributed by atoms with E-state index in [0.29, 0.717) is 11.6 Å². The minimum Gasteiger partial charge on any atom is -0.287 e. The Morgan fingerprint density at radius 3 is 2.47 bits per heavy atom. The summed E-state index contributed by atoms with van der Waals surface area (Å²) in [7, 11) is 0. The fraction of sp³-hybridized carbons (Fsp3) is 0.267. The number of hydrogen-bond donors (Lipinski definition) is 0. The summed E-state index contributed by atoms with van der Waals surface area (Å²) >= 11 is 0. The second kappa shape index (κ2) is 4.46. The quantitative estimate of drug-likeness (QED) is 0.785. The van der Waals surface area contributed by atoms with Crippen LogP contribution in [-0.2, 0) is 4.79 Å². The Balaban J connectivity index is 2.13. The van der Waals surface area contributed by atoms with Gasteiger partial charge in [-0.25, -0.2) is 0 Å². The molecule has 1 aromatic carbocycles. The monoisotopic (exact) mass is 253 g/mol. The van der Waals surface area contributed by atoms with E-state index in [0.717, 1.165) is 23.0 Å². The first-order valence-electron chi connectivity index (χ1n) is 6.41. The first kappa shape index (κ1) is 11.8. The molecular formula is C15H15N3O. The standard InChI is InChI=1S/C15H15N3O/c1-10-7-8-11(2)15(19)14(9-10)18-16-12-5-3-4-6-13(12)17-18/h3-6,8-10H,7H2,1-2H3. The zero-order chi connectivity index (χ0) is 13.4. The summed E-state index contributed by atoms with van der Waals surface area (Å²) in [5, 5.41) is 8.77. The third kappa shape index (κ3) is 2.10. The van der Waals surface area contributed by atoms with Crippen molar-refractivity contribution >= 4 is 22.5 Å². The van der Waals surface area contributed by atoms with E-state index in [4.69, 9.17) is 0 Å². The molecule has 0 fully saturated rings. The van der Waals surface area contributed by atoms with E-state index >= 15 is 0 Å². The normalized spacial score (nSPS) is 20.1. The highest BCUT2D eigenvalue weighted by Gasteiger charge is 2.20. The van der Waals surface area contributed by atoms with Gasteiger partial charge in [0.2, 0.25) is 5.78 Å². The minimum absolute atomic E-state index is 0.00431. The van der Waals surface area contributed by atoms with E-state index in [1.807, 2.05) is 43.3 Å². The van der Waals surface area contributed by atoms with Gasteiger partial charge in [-0.1, -0.05) is 25.1 Å². The Hall–Kier alpha value is -2.23. The van der Waals surface area contributed by atoms with Crippen LogP contribution in [0.5, 0.6) is 0 Å². The molecule has 0 aliphatic heterocycles. The van der Waals surface area contributed by atoms with Crippen molar-refractivity contribution in [3.8, 4) is 0 Å². The average molecular weight is 253 g/mol. The van der Waals surface area contributed by atoms with Crippen LogP contribution >= 0.6 is 0 Å². The maximum absolute atomic E-state index is 12.3. The second-order valence-corrected chi connectivity index (χ2v) is 4.96. The van der Waals surface area contributed by atoms with Crippen molar-refractivity contribution < 1.29 is 4.79 Å². The van der Waals surface area contributed by atoms with Crippen molar-refractivity contribution in [1.82, 2.24) is 15.0 Å². The summed E-state index contributed by atoms with van der Waals surface area (Å²) in [6.45, 7) is 3.93. The van der Waals surface area contributed by atoms with Crippen LogP contribution in [-0.4, -0.2) is 20.8 Å². The van der Waals surface area contributed by atoms with Crippen molar-refractivity contribution in [3.05, 3.63) is 42.0 Å². The number of ketones is 1. The molecule has 19 heavy (non-hydrogen) atoms. The van der Waals surface area contributed by atoms with Crippen LogP contribution < -0.4 is 0 Å². The average Bonchev–Trinajstić information content (AvgIpc) is 2.79. The molecule has 0 bridgehead atoms. The molecule has 1 aliphatic carbocycles. The number of carbonyl (C=O) groups is 1. The number of benzene rings is 1. The highest BCUT2D eigenvalue weighted by molar-refractivity contribution is 6.23. The number of carbonyl (C=O) groups excluding carboxylic acids is 1. The van der Waals surface area contributed by atoms with Crippen LogP contribution in [0.2, 0.25) is 0 Å². The van der Waals surface area contributed by atoms with Crippen molar-refractivity contribution in [1.29, 1.82) is 0 Å². The molecule has 1 aromatic heterocycles. The number of rotatable bonds is 1. The van der Waals surface area contributed by atoms with Crippen molar-refractivity contribution in [3.63, 3.8) is 0 Å². The van der Waals surface area contributed by atoms with Gasteiger partial charge < -0.3 is 0 Å². The van der Waals surface area contributed by atoms with Crippen LogP contribution in [0.3, 0.4) is 0 Å². The zero-order valence-corrected chi connectivity index (χ0v) is 11.0. The lowest BCUT2D eigenvalue weighted by Crippen LogP contribution is -2.12. The van der Waals surface area contributed by atoms with E-state index in [1.54, 1.807) is 0 Å². The van der Waals surface area contributed by atoms with Gasteiger partial charge in [0.1, 0.15) is 16.7 Å². The molecule has 0 N–H and O–H groups in total. The van der Waals surface area contributed by atoms with E-state index in [1.165, 1.54) is 4.80 Å². The molecule has 1 heterocycles. The molecular weight excluding hydrogens is 238 g/mol. The smallest absolute Gasteiger partial charge is 0.208 e. The predicted molar refractivity (Wildman–Crippen MR) is 74.3 cm³/mol. The zero-order valence-electron chi connectivity index (χ0n) is 11.0. The van der Waals surface area contributed by atoms with Crippen LogP contribution in [0.4, 0.5) is 0 Å². The lowest BCUT2D eigenvalue weighted by Gasteiger charge is -2.04. The first-order valence-corrected chi connectivity index (χ1v) is 6.41. The Morgan fingerprint density at radius 1 is 1.21 bits per heavy atom. The van der Waals surface area contributed by atoms with E-state index in [9.17, 15) is 4.79 Å². The minimum atomic E-state index is 0.00431. The molecule has 0 saturated carbocycles. The number of nitrogens with zero attached hydrogens (tertiary/aromatic N) is 3. The molecule has 1 atom stereocenters. The summed E-state index contributed by atoms with van der Waals surface area (Å²) in [6.07, 6.45) is 4.82. The maximum Gasteiger partial charge on any atom is 0.208 e. The van der Waals surface area contributed by atoms with Crippen molar-refractivity contribution in [2.24, 2.45) is 5.92 Å². The van der Waals surface area contributed by atoms with Gasteiger partial charge in [-0.05, 0) is 43.0 Å². The Kier molecular flexibility index (Phi) is 2.78. The van der Waals surface area contributed by atoms with Gasteiger partial charge in [-0.15, -0.1) is 15.0 Å². The predicted octanol–water partition coefficient (Wildman–Crippen LogP) is 2.83. The van der Waals surface area contributed by atoms with Gasteiger partial charge in [-0.3, -0.25) is 4.79 Å². The molecule has 0 spiro atoms. The number of aromatic nitrogens is 3. The summed E-state index contributed by atoms with van der Waals surface area (Å²) in [4.78, 5) is 13.8. The number of hydrogen-bond acceptors (Lipinski definition) is 3. The third-order valence-electron chi connectivity index (χ3n) is 3.33. The molecule has 0 saturated heterocycles. The molecule has 0 radical (unpaired) electrons. The van der Waals surface area contributed by atoms with Crippen LogP contribution in [0.1, 0.15) is 20.3 Å². The number of Topliss-reactive ketones (excluding diaryl/α,β-unsaturated/α-hetero) is 1. The van der Waals surface area contributed by atoms with Crippen LogP contribution in [0.25, 0.3) is 16.7 Å². The van der Waals surface area contributed by atoms with Gasteiger partial charge in [0.15, 0.2) is 0 Å². The Morgan fingerprint density at radius 2 is 1.84 bits per heavy atom. The number of fused-ring (bicyclic) bond motifs is 1. The second-order valence-electron chi connectivity index (χ2n) is 4.96. The SMILES string of the molecule is CC1=CCC(C)C=C(n2nc3ccccc3n2)C1=O. The van der Waals surface area contributed by atoms with Gasteiger partial charge in [-0.2, -0.15) is 0 Å². The maximum atomic E-state index is 12.3.